The summed E-state index contributed by atoms with van der Waals surface area (Å²) in [5.74, 6) is -0.833. The van der Waals surface area contributed by atoms with E-state index in [0.717, 1.165) is 0 Å². The van der Waals surface area contributed by atoms with Crippen LogP contribution in [0.5, 0.6) is 0 Å². The van der Waals surface area contributed by atoms with E-state index in [0.29, 0.717) is 13.0 Å². The van der Waals surface area contributed by atoms with Gasteiger partial charge in [0.05, 0.1) is 6.04 Å². The number of amides is 1. The molecule has 5 nitrogen and oxygen atoms in total. The van der Waals surface area contributed by atoms with Crippen molar-refractivity contribution in [3.63, 3.8) is 0 Å². The Morgan fingerprint density at radius 1 is 1.67 bits per heavy atom. The molecule has 52 valence electrons. The lowest BCUT2D eigenvalue weighted by atomic mass is 10.2. The minimum absolute atomic E-state index is 0.294. The number of carbonyl (C=O) groups is 1. The highest BCUT2D eigenvalue weighted by molar-refractivity contribution is 5.81. The van der Waals surface area contributed by atoms with Crippen molar-refractivity contribution in [1.82, 2.24) is 0 Å². The van der Waals surface area contributed by atoms with Crippen molar-refractivity contribution in [2.75, 3.05) is 6.54 Å². The Hall–Kier alpha value is -0.810. The zero-order chi connectivity index (χ0) is 7.28. The van der Waals surface area contributed by atoms with Gasteiger partial charge in [-0.25, -0.2) is 0 Å². The summed E-state index contributed by atoms with van der Waals surface area (Å²) in [5.41, 5.74) is 10.2. The summed E-state index contributed by atoms with van der Waals surface area (Å²) in [7, 11) is 0. The SMILES string of the molecule is NCCC(N)C(=O)N=O. The van der Waals surface area contributed by atoms with Gasteiger partial charge >= 0.3 is 5.91 Å². The molecule has 5 heteroatoms. The highest BCUT2D eigenvalue weighted by atomic mass is 16.3. The molecule has 0 bridgehead atoms. The molecule has 0 aromatic heterocycles. The first kappa shape index (κ1) is 8.19. The average Bonchev–Trinajstić information content (AvgIpc) is 1.87. The maximum Gasteiger partial charge on any atom is 0.302 e. The topological polar surface area (TPSA) is 98.5 Å². The molecule has 0 aromatic carbocycles. The Morgan fingerprint density at radius 3 is 2.56 bits per heavy atom. The Labute approximate surface area is 52.4 Å². The summed E-state index contributed by atoms with van der Waals surface area (Å²) in [6, 6.07) is -0.813. The van der Waals surface area contributed by atoms with Gasteiger partial charge in [0.25, 0.3) is 0 Å². The molecule has 1 unspecified atom stereocenters. The molecular formula is C4H9N3O2. The average molecular weight is 131 g/mol. The van der Waals surface area contributed by atoms with Crippen LogP contribution in [0.1, 0.15) is 6.42 Å². The number of carbonyl (C=O) groups excluding carboxylic acids is 1. The van der Waals surface area contributed by atoms with Crippen LogP contribution in [0, 0.1) is 4.91 Å². The van der Waals surface area contributed by atoms with Gasteiger partial charge in [-0.2, -0.15) is 0 Å². The lowest BCUT2D eigenvalue weighted by Gasteiger charge is -2.00. The van der Waals surface area contributed by atoms with Gasteiger partial charge in [-0.05, 0) is 13.0 Å². The van der Waals surface area contributed by atoms with Gasteiger partial charge in [0.1, 0.15) is 0 Å². The molecule has 0 radical (unpaired) electrons. The minimum Gasteiger partial charge on any atom is -0.330 e. The number of nitrogens with zero attached hydrogens (tertiary/aromatic N) is 1. The summed E-state index contributed by atoms with van der Waals surface area (Å²) in [6.45, 7) is 0.294. The monoisotopic (exact) mass is 131 g/mol. The van der Waals surface area contributed by atoms with Crippen LogP contribution in [0.3, 0.4) is 0 Å². The number of hydrogen-bond acceptors (Lipinski definition) is 4. The number of nitrogens with two attached hydrogens (primary N) is 2. The standard InChI is InChI=1S/C4H9N3O2/c5-2-1-3(6)4(8)7-9/h3H,1-2,5-6H2. The first-order valence-electron chi connectivity index (χ1n) is 2.55. The molecule has 0 saturated heterocycles. The normalized spacial score (nSPS) is 12.7. The van der Waals surface area contributed by atoms with Crippen molar-refractivity contribution in [3.8, 4) is 0 Å². The predicted molar refractivity (Wildman–Crippen MR) is 32.4 cm³/mol. The van der Waals surface area contributed by atoms with Crippen molar-refractivity contribution in [2.45, 2.75) is 12.5 Å². The zero-order valence-electron chi connectivity index (χ0n) is 4.91. The highest BCUT2D eigenvalue weighted by Gasteiger charge is 2.11. The van der Waals surface area contributed by atoms with Gasteiger partial charge in [0, 0.05) is 5.18 Å². The van der Waals surface area contributed by atoms with E-state index >= 15 is 0 Å². The molecule has 0 rings (SSSR count). The smallest absolute Gasteiger partial charge is 0.302 e. The number of hydrogen-bond donors (Lipinski definition) is 2. The van der Waals surface area contributed by atoms with Gasteiger partial charge < -0.3 is 11.5 Å². The first-order chi connectivity index (χ1) is 4.22. The van der Waals surface area contributed by atoms with Gasteiger partial charge in [-0.3, -0.25) is 4.79 Å². The fourth-order valence-electron chi connectivity index (χ4n) is 0.371. The van der Waals surface area contributed by atoms with E-state index in [-0.39, 0.29) is 0 Å². The molecule has 0 heterocycles. The third-order valence-corrected chi connectivity index (χ3v) is 0.885. The van der Waals surface area contributed by atoms with Crippen molar-refractivity contribution >= 4 is 5.91 Å². The maximum absolute atomic E-state index is 10.2. The Morgan fingerprint density at radius 2 is 2.22 bits per heavy atom. The molecule has 0 aliphatic heterocycles. The van der Waals surface area contributed by atoms with E-state index in [2.05, 4.69) is 5.18 Å². The van der Waals surface area contributed by atoms with Crippen molar-refractivity contribution in [2.24, 2.45) is 16.6 Å². The second kappa shape index (κ2) is 4.11. The Kier molecular flexibility index (Phi) is 3.74. The van der Waals surface area contributed by atoms with E-state index < -0.39 is 11.9 Å². The summed E-state index contributed by atoms with van der Waals surface area (Å²) in [5, 5.41) is 2.14. The van der Waals surface area contributed by atoms with Crippen LogP contribution in [0.2, 0.25) is 0 Å². The third-order valence-electron chi connectivity index (χ3n) is 0.885. The lowest BCUT2D eigenvalue weighted by Crippen LogP contribution is -2.31. The second-order valence-corrected chi connectivity index (χ2v) is 1.61. The fraction of sp³-hybridized carbons (Fsp3) is 0.750. The molecule has 0 aromatic rings. The van der Waals surface area contributed by atoms with Crippen LogP contribution in [-0.2, 0) is 4.79 Å². The van der Waals surface area contributed by atoms with Crippen molar-refractivity contribution in [1.29, 1.82) is 0 Å². The Balaban J connectivity index is 3.58. The van der Waals surface area contributed by atoms with Gasteiger partial charge in [-0.1, -0.05) is 0 Å². The van der Waals surface area contributed by atoms with Crippen LogP contribution in [-0.4, -0.2) is 18.5 Å². The number of rotatable bonds is 3. The highest BCUT2D eigenvalue weighted by Crippen LogP contribution is 1.87. The van der Waals surface area contributed by atoms with E-state index in [4.69, 9.17) is 11.5 Å². The summed E-state index contributed by atoms with van der Waals surface area (Å²) >= 11 is 0. The van der Waals surface area contributed by atoms with Crippen LogP contribution < -0.4 is 11.5 Å². The Bertz CT molecular complexity index is 114. The maximum atomic E-state index is 10.2. The molecule has 0 aliphatic carbocycles. The van der Waals surface area contributed by atoms with E-state index in [9.17, 15) is 9.70 Å². The van der Waals surface area contributed by atoms with Gasteiger partial charge in [0.2, 0.25) is 0 Å². The van der Waals surface area contributed by atoms with Crippen molar-refractivity contribution in [3.05, 3.63) is 4.91 Å². The molecule has 0 spiro atoms. The summed E-state index contributed by atoms with van der Waals surface area (Å²) in [6.07, 6.45) is 0.310. The van der Waals surface area contributed by atoms with Gasteiger partial charge in [-0.15, -0.1) is 4.91 Å². The molecule has 4 N–H and O–H groups in total. The lowest BCUT2D eigenvalue weighted by molar-refractivity contribution is -0.119. The summed E-state index contributed by atoms with van der Waals surface area (Å²) in [4.78, 5) is 19.7. The quantitative estimate of drug-likeness (QED) is 0.477. The van der Waals surface area contributed by atoms with E-state index in [1.165, 1.54) is 0 Å². The first-order valence-corrected chi connectivity index (χ1v) is 2.55. The molecule has 9 heavy (non-hydrogen) atoms. The van der Waals surface area contributed by atoms with Crippen LogP contribution >= 0.6 is 0 Å². The second-order valence-electron chi connectivity index (χ2n) is 1.61. The largest absolute Gasteiger partial charge is 0.330 e. The molecule has 0 fully saturated rings. The molecular weight excluding hydrogens is 122 g/mol. The molecule has 0 aliphatic rings. The van der Waals surface area contributed by atoms with Crippen molar-refractivity contribution < 1.29 is 4.79 Å². The third kappa shape index (κ3) is 2.89. The van der Waals surface area contributed by atoms with Crippen LogP contribution in [0.4, 0.5) is 0 Å². The molecule has 1 atom stereocenters. The van der Waals surface area contributed by atoms with E-state index in [1.54, 1.807) is 0 Å². The number of nitroso groups, excluding NO2 is 1. The summed E-state index contributed by atoms with van der Waals surface area (Å²) < 4.78 is 0. The zero-order valence-corrected chi connectivity index (χ0v) is 4.91. The van der Waals surface area contributed by atoms with E-state index in [1.807, 2.05) is 0 Å². The van der Waals surface area contributed by atoms with Crippen LogP contribution in [0.25, 0.3) is 0 Å². The van der Waals surface area contributed by atoms with Gasteiger partial charge in [0.15, 0.2) is 0 Å². The minimum atomic E-state index is -0.833. The predicted octanol–water partition coefficient (Wildman–Crippen LogP) is -1.04. The fourth-order valence-corrected chi connectivity index (χ4v) is 0.371. The molecule has 0 saturated carbocycles. The molecule has 1 amide bonds. The van der Waals surface area contributed by atoms with Crippen LogP contribution in [0.15, 0.2) is 5.18 Å².